The fraction of sp³-hybridized carbons (Fsp3) is 0.929. The third-order valence-electron chi connectivity index (χ3n) is 4.79. The van der Waals surface area contributed by atoms with E-state index >= 15 is 0 Å². The fourth-order valence-corrected chi connectivity index (χ4v) is 3.91. The number of carbonyl (C=O) groups excluding carboxylic acids is 1. The Morgan fingerprint density at radius 1 is 1.22 bits per heavy atom. The molecule has 0 aliphatic heterocycles. The van der Waals surface area contributed by atoms with Crippen LogP contribution in [0.1, 0.15) is 51.4 Å². The number of nitrogens with one attached hydrogen (secondary N) is 1. The largest absolute Gasteiger partial charge is 0.378 e. The second-order valence-electron chi connectivity index (χ2n) is 6.03. The van der Waals surface area contributed by atoms with Crippen molar-refractivity contribution < 1.29 is 9.53 Å². The SMILES string of the molecule is COC1(CC(=O)NCC2(CBr)CCCC2)CCC1. The van der Waals surface area contributed by atoms with Gasteiger partial charge in [-0.15, -0.1) is 0 Å². The van der Waals surface area contributed by atoms with Crippen LogP contribution in [0.15, 0.2) is 0 Å². The average molecular weight is 318 g/mol. The van der Waals surface area contributed by atoms with E-state index in [0.717, 1.165) is 24.7 Å². The molecule has 0 saturated heterocycles. The summed E-state index contributed by atoms with van der Waals surface area (Å²) in [4.78, 5) is 12.0. The molecular weight excluding hydrogens is 294 g/mol. The summed E-state index contributed by atoms with van der Waals surface area (Å²) in [6.07, 6.45) is 8.82. The molecule has 0 aromatic heterocycles. The highest BCUT2D eigenvalue weighted by Crippen LogP contribution is 2.40. The Bertz CT molecular complexity index is 291. The van der Waals surface area contributed by atoms with Gasteiger partial charge in [0.2, 0.25) is 5.91 Å². The van der Waals surface area contributed by atoms with E-state index in [1.54, 1.807) is 7.11 Å². The summed E-state index contributed by atoms with van der Waals surface area (Å²) in [5.74, 6) is 0.156. The van der Waals surface area contributed by atoms with Gasteiger partial charge in [-0.1, -0.05) is 28.8 Å². The molecule has 104 valence electrons. The second kappa shape index (κ2) is 5.91. The van der Waals surface area contributed by atoms with Gasteiger partial charge in [-0.3, -0.25) is 4.79 Å². The first-order chi connectivity index (χ1) is 8.64. The van der Waals surface area contributed by atoms with Crippen molar-refractivity contribution in [2.24, 2.45) is 5.41 Å². The summed E-state index contributed by atoms with van der Waals surface area (Å²) in [6, 6.07) is 0. The van der Waals surface area contributed by atoms with Crippen LogP contribution in [0, 0.1) is 5.41 Å². The van der Waals surface area contributed by atoms with Crippen LogP contribution in [0.4, 0.5) is 0 Å². The van der Waals surface area contributed by atoms with Crippen molar-refractivity contribution in [2.45, 2.75) is 57.0 Å². The van der Waals surface area contributed by atoms with E-state index in [0.29, 0.717) is 11.8 Å². The third-order valence-corrected chi connectivity index (χ3v) is 5.98. The first kappa shape index (κ1) is 14.3. The number of alkyl halides is 1. The Morgan fingerprint density at radius 3 is 2.33 bits per heavy atom. The monoisotopic (exact) mass is 317 g/mol. The van der Waals surface area contributed by atoms with Gasteiger partial charge in [-0.2, -0.15) is 0 Å². The molecule has 4 heteroatoms. The zero-order valence-electron chi connectivity index (χ0n) is 11.3. The minimum absolute atomic E-state index is 0.151. The van der Waals surface area contributed by atoms with Gasteiger partial charge >= 0.3 is 0 Å². The topological polar surface area (TPSA) is 38.3 Å². The number of methoxy groups -OCH3 is 1. The lowest BCUT2D eigenvalue weighted by Gasteiger charge is -2.40. The number of halogens is 1. The Hall–Kier alpha value is -0.0900. The summed E-state index contributed by atoms with van der Waals surface area (Å²) < 4.78 is 5.50. The summed E-state index contributed by atoms with van der Waals surface area (Å²) in [6.45, 7) is 0.816. The van der Waals surface area contributed by atoms with E-state index in [1.165, 1.54) is 32.1 Å². The van der Waals surface area contributed by atoms with Gasteiger partial charge in [0, 0.05) is 19.0 Å². The van der Waals surface area contributed by atoms with Gasteiger partial charge in [0.05, 0.1) is 12.0 Å². The molecule has 0 bridgehead atoms. The molecule has 0 spiro atoms. The molecule has 0 heterocycles. The Balaban J connectivity index is 1.77. The van der Waals surface area contributed by atoms with Crippen LogP contribution in [0.3, 0.4) is 0 Å². The van der Waals surface area contributed by atoms with E-state index in [9.17, 15) is 4.79 Å². The van der Waals surface area contributed by atoms with Crippen LogP contribution < -0.4 is 5.32 Å². The molecule has 1 N–H and O–H groups in total. The van der Waals surface area contributed by atoms with Gasteiger partial charge < -0.3 is 10.1 Å². The molecule has 2 aliphatic rings. The molecule has 3 nitrogen and oxygen atoms in total. The van der Waals surface area contributed by atoms with Crippen molar-refractivity contribution >= 4 is 21.8 Å². The molecule has 0 unspecified atom stereocenters. The van der Waals surface area contributed by atoms with Crippen LogP contribution in [0.5, 0.6) is 0 Å². The number of carbonyl (C=O) groups is 1. The molecule has 2 rings (SSSR count). The summed E-state index contributed by atoms with van der Waals surface area (Å²) in [5.41, 5.74) is 0.150. The maximum absolute atomic E-state index is 12.0. The van der Waals surface area contributed by atoms with Gasteiger partial charge in [0.1, 0.15) is 0 Å². The number of hydrogen-bond acceptors (Lipinski definition) is 2. The Labute approximate surface area is 118 Å². The quantitative estimate of drug-likeness (QED) is 0.765. The van der Waals surface area contributed by atoms with Crippen LogP contribution in [0.25, 0.3) is 0 Å². The van der Waals surface area contributed by atoms with Gasteiger partial charge in [0.25, 0.3) is 0 Å². The lowest BCUT2D eigenvalue weighted by atomic mass is 9.77. The van der Waals surface area contributed by atoms with E-state index < -0.39 is 0 Å². The maximum atomic E-state index is 12.0. The average Bonchev–Trinajstić information content (AvgIpc) is 2.81. The summed E-state index contributed by atoms with van der Waals surface area (Å²) >= 11 is 3.61. The zero-order valence-corrected chi connectivity index (χ0v) is 12.9. The van der Waals surface area contributed by atoms with Gasteiger partial charge in [-0.05, 0) is 37.5 Å². The molecule has 18 heavy (non-hydrogen) atoms. The van der Waals surface area contributed by atoms with Gasteiger partial charge in [0.15, 0.2) is 0 Å². The zero-order chi connectivity index (χ0) is 13.1. The van der Waals surface area contributed by atoms with E-state index in [-0.39, 0.29) is 11.5 Å². The highest BCUT2D eigenvalue weighted by Gasteiger charge is 2.39. The minimum Gasteiger partial charge on any atom is -0.378 e. The molecule has 0 aromatic carbocycles. The van der Waals surface area contributed by atoms with Crippen molar-refractivity contribution in [3.8, 4) is 0 Å². The van der Waals surface area contributed by atoms with E-state index in [4.69, 9.17) is 4.74 Å². The van der Waals surface area contributed by atoms with Gasteiger partial charge in [-0.25, -0.2) is 0 Å². The smallest absolute Gasteiger partial charge is 0.222 e. The molecule has 2 aliphatic carbocycles. The Kier molecular flexibility index (Phi) is 4.70. The molecule has 1 amide bonds. The van der Waals surface area contributed by atoms with Crippen LogP contribution in [-0.4, -0.2) is 30.5 Å². The van der Waals surface area contributed by atoms with Crippen molar-refractivity contribution in [3.05, 3.63) is 0 Å². The van der Waals surface area contributed by atoms with Crippen LogP contribution in [0.2, 0.25) is 0 Å². The molecule has 0 atom stereocenters. The minimum atomic E-state index is -0.151. The molecule has 2 saturated carbocycles. The predicted molar refractivity (Wildman–Crippen MR) is 75.9 cm³/mol. The number of hydrogen-bond donors (Lipinski definition) is 1. The number of ether oxygens (including phenoxy) is 1. The van der Waals surface area contributed by atoms with E-state index in [2.05, 4.69) is 21.2 Å². The van der Waals surface area contributed by atoms with Crippen molar-refractivity contribution in [1.29, 1.82) is 0 Å². The molecule has 0 radical (unpaired) electrons. The van der Waals surface area contributed by atoms with E-state index in [1.807, 2.05) is 0 Å². The standard InChI is InChI=1S/C14H24BrNO2/c1-18-14(7-4-8-14)9-12(17)16-11-13(10-15)5-2-3-6-13/h2-11H2,1H3,(H,16,17). The first-order valence-corrected chi connectivity index (χ1v) is 8.14. The Morgan fingerprint density at radius 2 is 1.89 bits per heavy atom. The summed E-state index contributed by atoms with van der Waals surface area (Å²) in [5, 5.41) is 4.12. The highest BCUT2D eigenvalue weighted by molar-refractivity contribution is 9.09. The fourth-order valence-electron chi connectivity index (χ4n) is 3.15. The van der Waals surface area contributed by atoms with Crippen LogP contribution in [-0.2, 0) is 9.53 Å². The number of rotatable bonds is 6. The lowest BCUT2D eigenvalue weighted by molar-refractivity contribution is -0.134. The number of amides is 1. The maximum Gasteiger partial charge on any atom is 0.222 e. The third kappa shape index (κ3) is 3.08. The predicted octanol–water partition coefficient (Wildman–Crippen LogP) is 3.02. The van der Waals surface area contributed by atoms with Crippen molar-refractivity contribution in [2.75, 3.05) is 19.0 Å². The highest BCUT2D eigenvalue weighted by atomic mass is 79.9. The normalized spacial score (nSPS) is 24.6. The van der Waals surface area contributed by atoms with Crippen LogP contribution >= 0.6 is 15.9 Å². The first-order valence-electron chi connectivity index (χ1n) is 7.02. The molecular formula is C14H24BrNO2. The van der Waals surface area contributed by atoms with Crippen molar-refractivity contribution in [1.82, 2.24) is 5.32 Å². The summed E-state index contributed by atoms with van der Waals surface area (Å²) in [7, 11) is 1.73. The van der Waals surface area contributed by atoms with Crippen molar-refractivity contribution in [3.63, 3.8) is 0 Å². The molecule has 0 aromatic rings. The lowest BCUT2D eigenvalue weighted by Crippen LogP contribution is -2.45. The molecule has 2 fully saturated rings. The second-order valence-corrected chi connectivity index (χ2v) is 6.60.